The van der Waals surface area contributed by atoms with E-state index in [-0.39, 0.29) is 29.4 Å². The average Bonchev–Trinajstić information content (AvgIpc) is 2.57. The molecule has 0 aliphatic rings. The minimum atomic E-state index is -3.13. The Balaban J connectivity index is 2.36. The molecule has 2 rings (SSSR count). The number of ether oxygens (including phenoxy) is 3. The van der Waals surface area contributed by atoms with Crippen LogP contribution in [0.15, 0.2) is 36.4 Å². The number of anilines is 1. The van der Waals surface area contributed by atoms with Gasteiger partial charge in [-0.2, -0.15) is 8.78 Å². The summed E-state index contributed by atoms with van der Waals surface area (Å²) in [6.07, 6.45) is 0. The molecule has 0 saturated heterocycles. The second kappa shape index (κ2) is 8.27. The van der Waals surface area contributed by atoms with Gasteiger partial charge >= 0.3 is 6.61 Å². The molecule has 0 aromatic heterocycles. The lowest BCUT2D eigenvalue weighted by Gasteiger charge is -2.15. The SMILES string of the molecule is CCOc1cc(F)ccc1NC(=O)c1cccc(OC)c1OC(F)F. The van der Waals surface area contributed by atoms with E-state index < -0.39 is 24.1 Å². The van der Waals surface area contributed by atoms with E-state index >= 15 is 0 Å². The molecule has 0 unspecified atom stereocenters. The number of halogens is 3. The van der Waals surface area contributed by atoms with Gasteiger partial charge in [0.25, 0.3) is 5.91 Å². The fraction of sp³-hybridized carbons (Fsp3) is 0.235. The molecule has 0 saturated carbocycles. The van der Waals surface area contributed by atoms with E-state index in [4.69, 9.17) is 9.47 Å². The van der Waals surface area contributed by atoms with Gasteiger partial charge in [0.2, 0.25) is 0 Å². The van der Waals surface area contributed by atoms with Gasteiger partial charge in [-0.25, -0.2) is 4.39 Å². The summed E-state index contributed by atoms with van der Waals surface area (Å²) < 4.78 is 53.2. The quantitative estimate of drug-likeness (QED) is 0.813. The number of methoxy groups -OCH3 is 1. The minimum Gasteiger partial charge on any atom is -0.493 e. The van der Waals surface area contributed by atoms with E-state index in [2.05, 4.69) is 10.1 Å². The average molecular weight is 355 g/mol. The lowest BCUT2D eigenvalue weighted by atomic mass is 10.1. The van der Waals surface area contributed by atoms with Gasteiger partial charge in [0.1, 0.15) is 11.6 Å². The number of amides is 1. The molecule has 0 fully saturated rings. The highest BCUT2D eigenvalue weighted by Crippen LogP contribution is 2.34. The van der Waals surface area contributed by atoms with E-state index in [1.165, 1.54) is 31.4 Å². The van der Waals surface area contributed by atoms with Gasteiger partial charge in [0, 0.05) is 6.07 Å². The van der Waals surface area contributed by atoms with Crippen LogP contribution >= 0.6 is 0 Å². The topological polar surface area (TPSA) is 56.8 Å². The fourth-order valence-corrected chi connectivity index (χ4v) is 2.13. The van der Waals surface area contributed by atoms with Crippen LogP contribution in [0, 0.1) is 5.82 Å². The second-order valence-electron chi connectivity index (χ2n) is 4.74. The first-order valence-electron chi connectivity index (χ1n) is 7.31. The third-order valence-corrected chi connectivity index (χ3v) is 3.14. The van der Waals surface area contributed by atoms with Crippen LogP contribution in [0.1, 0.15) is 17.3 Å². The Hall–Kier alpha value is -2.90. The lowest BCUT2D eigenvalue weighted by molar-refractivity contribution is -0.0515. The maximum Gasteiger partial charge on any atom is 0.387 e. The number of hydrogen-bond donors (Lipinski definition) is 1. The van der Waals surface area contributed by atoms with Crippen LogP contribution < -0.4 is 19.5 Å². The molecule has 0 bridgehead atoms. The molecule has 134 valence electrons. The number of hydrogen-bond acceptors (Lipinski definition) is 4. The lowest BCUT2D eigenvalue weighted by Crippen LogP contribution is -2.16. The zero-order valence-corrected chi connectivity index (χ0v) is 13.5. The normalized spacial score (nSPS) is 10.5. The van der Waals surface area contributed by atoms with Crippen molar-refractivity contribution in [2.45, 2.75) is 13.5 Å². The Bertz CT molecular complexity index is 753. The molecule has 1 N–H and O–H groups in total. The van der Waals surface area contributed by atoms with E-state index in [0.717, 1.165) is 12.1 Å². The predicted octanol–water partition coefficient (Wildman–Crippen LogP) is 4.09. The molecule has 0 spiro atoms. The zero-order valence-electron chi connectivity index (χ0n) is 13.5. The third-order valence-electron chi connectivity index (χ3n) is 3.14. The number of carbonyl (C=O) groups excluding carboxylic acids is 1. The van der Waals surface area contributed by atoms with Gasteiger partial charge in [0.15, 0.2) is 11.5 Å². The summed E-state index contributed by atoms with van der Waals surface area (Å²) in [7, 11) is 1.27. The summed E-state index contributed by atoms with van der Waals surface area (Å²) >= 11 is 0. The van der Waals surface area contributed by atoms with Gasteiger partial charge in [-0.15, -0.1) is 0 Å². The molecule has 2 aromatic rings. The van der Waals surface area contributed by atoms with Crippen molar-refractivity contribution in [1.29, 1.82) is 0 Å². The van der Waals surface area contributed by atoms with Gasteiger partial charge in [-0.1, -0.05) is 6.07 Å². The Kier molecular flexibility index (Phi) is 6.10. The van der Waals surface area contributed by atoms with Crippen molar-refractivity contribution in [3.05, 3.63) is 47.8 Å². The highest BCUT2D eigenvalue weighted by Gasteiger charge is 2.21. The summed E-state index contributed by atoms with van der Waals surface area (Å²) in [5, 5.41) is 2.49. The summed E-state index contributed by atoms with van der Waals surface area (Å²) in [6.45, 7) is -1.18. The smallest absolute Gasteiger partial charge is 0.387 e. The van der Waals surface area contributed by atoms with Crippen molar-refractivity contribution in [3.63, 3.8) is 0 Å². The molecule has 0 atom stereocenters. The summed E-state index contributed by atoms with van der Waals surface area (Å²) in [4.78, 5) is 12.5. The molecule has 2 aromatic carbocycles. The van der Waals surface area contributed by atoms with E-state index in [1.807, 2.05) is 0 Å². The van der Waals surface area contributed by atoms with Crippen LogP contribution in [-0.4, -0.2) is 26.2 Å². The number of para-hydroxylation sites is 1. The second-order valence-corrected chi connectivity index (χ2v) is 4.74. The Morgan fingerprint density at radius 1 is 1.20 bits per heavy atom. The van der Waals surface area contributed by atoms with Crippen LogP contribution in [0.25, 0.3) is 0 Å². The van der Waals surface area contributed by atoms with Crippen molar-refractivity contribution in [2.24, 2.45) is 0 Å². The van der Waals surface area contributed by atoms with Gasteiger partial charge in [0.05, 0.1) is 25.0 Å². The molecule has 0 radical (unpaired) electrons. The molecule has 5 nitrogen and oxygen atoms in total. The maximum atomic E-state index is 13.3. The third kappa shape index (κ3) is 4.56. The largest absolute Gasteiger partial charge is 0.493 e. The van der Waals surface area contributed by atoms with Crippen LogP contribution in [0.2, 0.25) is 0 Å². The molecular formula is C17H16F3NO4. The molecular weight excluding hydrogens is 339 g/mol. The van der Waals surface area contributed by atoms with E-state index in [9.17, 15) is 18.0 Å². The minimum absolute atomic E-state index is 0.0166. The monoisotopic (exact) mass is 355 g/mol. The molecule has 0 aliphatic carbocycles. The number of rotatable bonds is 7. The fourth-order valence-electron chi connectivity index (χ4n) is 2.13. The van der Waals surface area contributed by atoms with Crippen LogP contribution in [-0.2, 0) is 0 Å². The van der Waals surface area contributed by atoms with Crippen molar-refractivity contribution in [2.75, 3.05) is 19.0 Å². The first-order chi connectivity index (χ1) is 12.0. The highest BCUT2D eigenvalue weighted by molar-refractivity contribution is 6.07. The number of benzene rings is 2. The molecule has 0 aliphatic heterocycles. The van der Waals surface area contributed by atoms with Gasteiger partial charge < -0.3 is 19.5 Å². The molecule has 1 amide bonds. The van der Waals surface area contributed by atoms with Crippen LogP contribution in [0.5, 0.6) is 17.2 Å². The summed E-state index contributed by atoms with van der Waals surface area (Å²) in [5.41, 5.74) is 0.0329. The number of nitrogens with one attached hydrogen (secondary N) is 1. The Labute approximate surface area is 142 Å². The van der Waals surface area contributed by atoms with E-state index in [0.29, 0.717) is 0 Å². The molecule has 25 heavy (non-hydrogen) atoms. The number of alkyl halides is 2. The first kappa shape index (κ1) is 18.4. The van der Waals surface area contributed by atoms with Gasteiger partial charge in [-0.3, -0.25) is 4.79 Å². The Morgan fingerprint density at radius 2 is 1.96 bits per heavy atom. The van der Waals surface area contributed by atoms with E-state index in [1.54, 1.807) is 6.92 Å². The predicted molar refractivity (Wildman–Crippen MR) is 85.1 cm³/mol. The van der Waals surface area contributed by atoms with Crippen molar-refractivity contribution in [1.82, 2.24) is 0 Å². The summed E-state index contributed by atoms with van der Waals surface area (Å²) in [5.74, 6) is -1.56. The number of carbonyl (C=O) groups is 1. The van der Waals surface area contributed by atoms with Crippen molar-refractivity contribution < 1.29 is 32.2 Å². The standard InChI is InChI=1S/C17H16F3NO4/c1-3-24-14-9-10(18)7-8-12(14)21-16(22)11-5-4-6-13(23-2)15(11)25-17(19)20/h4-9,17H,3H2,1-2H3,(H,21,22). The Morgan fingerprint density at radius 3 is 2.60 bits per heavy atom. The van der Waals surface area contributed by atoms with Crippen LogP contribution in [0.4, 0.5) is 18.9 Å². The highest BCUT2D eigenvalue weighted by atomic mass is 19.3. The summed E-state index contributed by atoms with van der Waals surface area (Å²) in [6, 6.07) is 7.71. The molecule has 0 heterocycles. The maximum absolute atomic E-state index is 13.3. The molecule has 8 heteroatoms. The van der Waals surface area contributed by atoms with Crippen molar-refractivity contribution >= 4 is 11.6 Å². The zero-order chi connectivity index (χ0) is 18.4. The van der Waals surface area contributed by atoms with Crippen molar-refractivity contribution in [3.8, 4) is 17.2 Å². The van der Waals surface area contributed by atoms with Gasteiger partial charge in [-0.05, 0) is 31.2 Å². The first-order valence-corrected chi connectivity index (χ1v) is 7.31. The van der Waals surface area contributed by atoms with Crippen LogP contribution in [0.3, 0.4) is 0 Å².